The minimum Gasteiger partial charge on any atom is -0.463 e. The second kappa shape index (κ2) is 18.8. The number of nitrogens with one attached hydrogen (secondary N) is 4. The molecule has 4 N–H and O–H groups in total. The molecule has 1 unspecified atom stereocenters. The first-order valence-corrected chi connectivity index (χ1v) is 20.7. The van der Waals surface area contributed by atoms with Crippen molar-refractivity contribution in [2.24, 2.45) is 0 Å². The van der Waals surface area contributed by atoms with Crippen LogP contribution in [-0.4, -0.2) is 69.4 Å². The van der Waals surface area contributed by atoms with Gasteiger partial charge in [0.05, 0.1) is 28.0 Å². The van der Waals surface area contributed by atoms with Gasteiger partial charge in [-0.15, -0.1) is 0 Å². The fourth-order valence-electron chi connectivity index (χ4n) is 7.66. The Labute approximate surface area is 366 Å². The van der Waals surface area contributed by atoms with Gasteiger partial charge in [-0.3, -0.25) is 49.1 Å². The van der Waals surface area contributed by atoms with Crippen LogP contribution in [0.15, 0.2) is 126 Å². The number of anilines is 2. The summed E-state index contributed by atoms with van der Waals surface area (Å²) in [6.07, 6.45) is 4.93. The molecule has 0 spiro atoms. The number of amides is 6. The molecule has 0 saturated carbocycles. The molecule has 2 aromatic heterocycles. The molecule has 322 valence electrons. The number of hydrogen-bond donors (Lipinski definition) is 4. The van der Waals surface area contributed by atoms with Crippen LogP contribution in [0.25, 0.3) is 33.8 Å². The third-order valence-electron chi connectivity index (χ3n) is 11.0. The number of rotatable bonds is 16. The van der Waals surface area contributed by atoms with E-state index in [1.165, 1.54) is 12.1 Å². The minimum absolute atomic E-state index is 0.0232. The fourth-order valence-corrected chi connectivity index (χ4v) is 7.66. The Morgan fingerprint density at radius 1 is 0.750 bits per heavy atom. The maximum atomic E-state index is 13.3. The van der Waals surface area contributed by atoms with E-state index in [9.17, 15) is 38.9 Å². The zero-order valence-corrected chi connectivity index (χ0v) is 34.3. The lowest BCUT2D eigenvalue weighted by Gasteiger charge is -2.27. The minimum atomic E-state index is -1.02. The largest absolute Gasteiger partial charge is 0.463 e. The number of non-ortho nitro benzene ring substituents is 1. The molecule has 1 saturated heterocycles. The van der Waals surface area contributed by atoms with Gasteiger partial charge in [-0.05, 0) is 115 Å². The summed E-state index contributed by atoms with van der Waals surface area (Å²) in [6, 6.07) is 31.1. The van der Waals surface area contributed by atoms with Crippen molar-refractivity contribution in [2.75, 3.05) is 23.7 Å². The number of nitrogens with zero attached hydrogens (tertiary/aromatic N) is 3. The lowest BCUT2D eigenvalue weighted by atomic mass is 10.00. The fraction of sp³-hybridized carbons (Fsp3) is 0.188. The van der Waals surface area contributed by atoms with Gasteiger partial charge in [-0.2, -0.15) is 0 Å². The average molecular weight is 860 g/mol. The second-order valence-corrected chi connectivity index (χ2v) is 15.3. The zero-order valence-electron chi connectivity index (χ0n) is 34.3. The number of nitro benzene ring substituents is 1. The van der Waals surface area contributed by atoms with E-state index in [1.54, 1.807) is 85.1 Å². The number of carbonyl (C=O) groups excluding carboxylic acids is 6. The Kier molecular flexibility index (Phi) is 12.4. The van der Waals surface area contributed by atoms with Crippen LogP contribution >= 0.6 is 0 Å². The average Bonchev–Trinajstić information content (AvgIpc) is 3.94. The van der Waals surface area contributed by atoms with Crippen molar-refractivity contribution >= 4 is 52.5 Å². The summed E-state index contributed by atoms with van der Waals surface area (Å²) in [6.45, 7) is 1.02. The normalized spacial score (nSPS) is 14.5. The van der Waals surface area contributed by atoms with E-state index in [0.29, 0.717) is 58.3 Å². The maximum absolute atomic E-state index is 13.3. The van der Waals surface area contributed by atoms with Crippen LogP contribution in [0.1, 0.15) is 80.0 Å². The molecular weight excluding hydrogens is 819 g/mol. The molecule has 4 aromatic carbocycles. The van der Waals surface area contributed by atoms with E-state index in [1.807, 2.05) is 24.3 Å². The Morgan fingerprint density at radius 3 is 2.14 bits per heavy atom. The number of aromatic nitrogens is 1. The monoisotopic (exact) mass is 859 g/mol. The molecule has 4 heterocycles. The van der Waals surface area contributed by atoms with Gasteiger partial charge in [0, 0.05) is 59.7 Å². The van der Waals surface area contributed by atoms with Crippen molar-refractivity contribution in [3.05, 3.63) is 154 Å². The highest BCUT2D eigenvalue weighted by Gasteiger charge is 2.45. The predicted molar refractivity (Wildman–Crippen MR) is 236 cm³/mol. The van der Waals surface area contributed by atoms with Crippen LogP contribution < -0.4 is 21.3 Å². The number of furan rings is 1. The van der Waals surface area contributed by atoms with E-state index in [0.717, 1.165) is 41.7 Å². The van der Waals surface area contributed by atoms with Crippen LogP contribution in [0.5, 0.6) is 0 Å². The van der Waals surface area contributed by atoms with Crippen molar-refractivity contribution in [1.29, 1.82) is 0 Å². The highest BCUT2D eigenvalue weighted by atomic mass is 16.6. The number of imide groups is 2. The summed E-state index contributed by atoms with van der Waals surface area (Å²) in [5, 5.41) is 22.4. The maximum Gasteiger partial charge on any atom is 0.269 e. The van der Waals surface area contributed by atoms with Gasteiger partial charge >= 0.3 is 0 Å². The number of pyridine rings is 1. The Bertz CT molecular complexity index is 2770. The molecule has 2 aliphatic rings. The molecule has 1 atom stereocenters. The molecule has 0 radical (unpaired) electrons. The highest BCUT2D eigenvalue weighted by molar-refractivity contribution is 6.25. The third-order valence-corrected chi connectivity index (χ3v) is 11.0. The summed E-state index contributed by atoms with van der Waals surface area (Å²) < 4.78 is 5.60. The van der Waals surface area contributed by atoms with Crippen molar-refractivity contribution in [3.63, 3.8) is 0 Å². The van der Waals surface area contributed by atoms with Gasteiger partial charge in [0.1, 0.15) is 11.7 Å². The van der Waals surface area contributed by atoms with E-state index < -0.39 is 34.6 Å². The number of piperidine rings is 1. The van der Waals surface area contributed by atoms with Crippen LogP contribution in [0.3, 0.4) is 0 Å². The molecule has 0 aliphatic carbocycles. The smallest absolute Gasteiger partial charge is 0.269 e. The van der Waals surface area contributed by atoms with Gasteiger partial charge in [0.15, 0.2) is 5.76 Å². The first kappa shape index (κ1) is 42.4. The lowest BCUT2D eigenvalue weighted by molar-refractivity contribution is -0.384. The second-order valence-electron chi connectivity index (χ2n) is 15.3. The number of nitro groups is 1. The zero-order chi connectivity index (χ0) is 44.7. The van der Waals surface area contributed by atoms with Crippen molar-refractivity contribution in [2.45, 2.75) is 44.6 Å². The van der Waals surface area contributed by atoms with Gasteiger partial charge in [-0.1, -0.05) is 31.0 Å². The van der Waals surface area contributed by atoms with E-state index in [2.05, 4.69) is 21.3 Å². The molecule has 8 rings (SSSR count). The molecule has 0 bridgehead atoms. The summed E-state index contributed by atoms with van der Waals surface area (Å²) in [5.41, 5.74) is 5.81. The van der Waals surface area contributed by atoms with Gasteiger partial charge in [0.25, 0.3) is 29.3 Å². The number of hydrogen-bond acceptors (Lipinski definition) is 11. The molecule has 1 fully saturated rings. The number of carbonyl (C=O) groups is 6. The SMILES string of the molecule is O=C1CCC(N2C(=O)c3cccc(NCCCCCCNC(=O)c4ccc(NC(=O)c5ccc(-c6cc(-c7ccc([N+](=O)[O-])cc7)nc(-c7ccco7)c6)cc5)cc4)c3C2=O)C(=O)N1. The Balaban J connectivity index is 0.780. The highest BCUT2D eigenvalue weighted by Crippen LogP contribution is 2.34. The molecule has 64 heavy (non-hydrogen) atoms. The van der Waals surface area contributed by atoms with Crippen molar-refractivity contribution < 1.29 is 38.1 Å². The molecule has 16 nitrogen and oxygen atoms in total. The van der Waals surface area contributed by atoms with Crippen molar-refractivity contribution in [3.8, 4) is 33.8 Å². The molecule has 6 aromatic rings. The Hall–Kier alpha value is -8.27. The summed E-state index contributed by atoms with van der Waals surface area (Å²) in [5.74, 6) is -2.19. The van der Waals surface area contributed by atoms with Crippen LogP contribution in [0.4, 0.5) is 17.1 Å². The summed E-state index contributed by atoms with van der Waals surface area (Å²) in [7, 11) is 0. The first-order chi connectivity index (χ1) is 31.0. The third kappa shape index (κ3) is 9.30. The molecule has 2 aliphatic heterocycles. The van der Waals surface area contributed by atoms with Crippen LogP contribution in [0.2, 0.25) is 0 Å². The van der Waals surface area contributed by atoms with E-state index in [-0.39, 0.29) is 41.5 Å². The quantitative estimate of drug-likeness (QED) is 0.0320. The van der Waals surface area contributed by atoms with Crippen molar-refractivity contribution in [1.82, 2.24) is 20.5 Å². The number of unbranched alkanes of at least 4 members (excludes halogenated alkanes) is 3. The van der Waals surface area contributed by atoms with E-state index >= 15 is 0 Å². The number of benzene rings is 4. The molecular formula is C48H41N7O9. The van der Waals surface area contributed by atoms with E-state index in [4.69, 9.17) is 9.40 Å². The summed E-state index contributed by atoms with van der Waals surface area (Å²) in [4.78, 5) is 92.8. The number of fused-ring (bicyclic) bond motifs is 1. The van der Waals surface area contributed by atoms with Crippen LogP contribution in [-0.2, 0) is 9.59 Å². The molecule has 16 heteroatoms. The van der Waals surface area contributed by atoms with Gasteiger partial charge < -0.3 is 20.4 Å². The van der Waals surface area contributed by atoms with Crippen LogP contribution in [0, 0.1) is 10.1 Å². The standard InChI is InChI=1S/C48H41N7O9/c56-42-23-22-40(46(59)53-42)54-47(60)36-7-5-8-37(43(36)48(54)61)49-24-3-1-2-4-25-50-44(57)31-14-18-34(19-15-31)51-45(58)32-12-10-29(11-13-32)33-27-38(30-16-20-35(21-17-30)55(62)63)52-39(28-33)41-9-6-26-64-41/h5-21,26-28,40,49H,1-4,22-25H2,(H,50,57)(H,51,58)(H,53,56,59). The topological polar surface area (TPSA) is 223 Å². The van der Waals surface area contributed by atoms with Gasteiger partial charge in [0.2, 0.25) is 11.8 Å². The summed E-state index contributed by atoms with van der Waals surface area (Å²) >= 11 is 0. The van der Waals surface area contributed by atoms with Gasteiger partial charge in [-0.25, -0.2) is 4.98 Å². The first-order valence-electron chi connectivity index (χ1n) is 20.7. The Morgan fingerprint density at radius 2 is 1.44 bits per heavy atom. The molecule has 6 amide bonds. The predicted octanol–water partition coefficient (Wildman–Crippen LogP) is 7.64. The lowest BCUT2D eigenvalue weighted by Crippen LogP contribution is -2.54.